The van der Waals surface area contributed by atoms with E-state index in [1.165, 1.54) is 12.1 Å². The number of benzene rings is 1. The summed E-state index contributed by atoms with van der Waals surface area (Å²) in [4.78, 5) is 11.1. The van der Waals surface area contributed by atoms with E-state index in [9.17, 15) is 13.2 Å². The summed E-state index contributed by atoms with van der Waals surface area (Å²) in [5.74, 6) is -1.22. The first kappa shape index (κ1) is 16.0. The van der Waals surface area contributed by atoms with Crippen LogP contribution in [0.3, 0.4) is 0 Å². The molecular formula is C12H15ClN2O5S. The Morgan fingerprint density at radius 3 is 2.52 bits per heavy atom. The minimum atomic E-state index is -3.55. The third kappa shape index (κ3) is 3.65. The van der Waals surface area contributed by atoms with Gasteiger partial charge in [-0.2, -0.15) is 0 Å². The third-order valence-corrected chi connectivity index (χ3v) is 4.55. The third-order valence-electron chi connectivity index (χ3n) is 3.01. The Morgan fingerprint density at radius 2 is 2.00 bits per heavy atom. The number of sulfone groups is 1. The van der Waals surface area contributed by atoms with Gasteiger partial charge in [0.2, 0.25) is 0 Å². The van der Waals surface area contributed by atoms with E-state index < -0.39 is 15.8 Å². The second kappa shape index (κ2) is 6.18. The molecular weight excluding hydrogens is 320 g/mol. The second-order valence-electron chi connectivity index (χ2n) is 4.59. The van der Waals surface area contributed by atoms with Gasteiger partial charge in [0, 0.05) is 19.3 Å². The van der Waals surface area contributed by atoms with E-state index in [1.807, 2.05) is 0 Å². The van der Waals surface area contributed by atoms with E-state index >= 15 is 0 Å². The van der Waals surface area contributed by atoms with Crippen molar-refractivity contribution in [2.75, 3.05) is 38.0 Å². The quantitative estimate of drug-likeness (QED) is 0.851. The Bertz CT molecular complexity index is 656. The number of hydrogen-bond acceptors (Lipinski definition) is 6. The number of rotatable bonds is 4. The van der Waals surface area contributed by atoms with Crippen molar-refractivity contribution < 1.29 is 23.1 Å². The average Bonchev–Trinajstić information content (AvgIpc) is 2.40. The zero-order valence-corrected chi connectivity index (χ0v) is 12.9. The summed E-state index contributed by atoms with van der Waals surface area (Å²) < 4.78 is 28.9. The predicted octanol–water partition coefficient (Wildman–Crippen LogP) is 1.10. The lowest BCUT2D eigenvalue weighted by Gasteiger charge is -2.29. The molecule has 2 rings (SSSR count). The molecule has 0 aromatic heterocycles. The molecule has 7 nitrogen and oxygen atoms in total. The van der Waals surface area contributed by atoms with Crippen LogP contribution in [0.15, 0.2) is 17.0 Å². The maximum atomic E-state index is 11.8. The topological polar surface area (TPSA) is 95.9 Å². The molecule has 1 heterocycles. The van der Waals surface area contributed by atoms with E-state index in [0.717, 1.165) is 6.26 Å². The molecule has 0 unspecified atom stereocenters. The fourth-order valence-electron chi connectivity index (χ4n) is 1.97. The van der Waals surface area contributed by atoms with Gasteiger partial charge in [-0.1, -0.05) is 11.6 Å². The molecule has 116 valence electrons. The van der Waals surface area contributed by atoms with E-state index in [4.69, 9.17) is 21.4 Å². The van der Waals surface area contributed by atoms with Crippen LogP contribution in [0.4, 0.5) is 5.69 Å². The van der Waals surface area contributed by atoms with Gasteiger partial charge in [0.1, 0.15) is 0 Å². The Hall–Kier alpha value is -1.35. The first-order chi connectivity index (χ1) is 9.80. The van der Waals surface area contributed by atoms with Crippen molar-refractivity contribution in [1.82, 2.24) is 5.01 Å². The smallest absolute Gasteiger partial charge is 0.337 e. The highest BCUT2D eigenvalue weighted by Gasteiger charge is 2.23. The Morgan fingerprint density at radius 1 is 1.38 bits per heavy atom. The Labute approximate surface area is 127 Å². The molecule has 1 saturated heterocycles. The van der Waals surface area contributed by atoms with Gasteiger partial charge in [-0.05, 0) is 12.1 Å². The molecule has 1 aromatic rings. The van der Waals surface area contributed by atoms with Gasteiger partial charge in [-0.15, -0.1) is 0 Å². The maximum absolute atomic E-state index is 11.8. The number of nitrogens with one attached hydrogen (secondary N) is 1. The summed E-state index contributed by atoms with van der Waals surface area (Å²) >= 11 is 6.07. The highest BCUT2D eigenvalue weighted by Crippen LogP contribution is 2.33. The Balaban J connectivity index is 2.47. The molecule has 0 radical (unpaired) electrons. The monoisotopic (exact) mass is 334 g/mol. The highest BCUT2D eigenvalue weighted by atomic mass is 35.5. The van der Waals surface area contributed by atoms with Crippen LogP contribution >= 0.6 is 11.6 Å². The van der Waals surface area contributed by atoms with Crippen LogP contribution in [0.1, 0.15) is 10.4 Å². The standard InChI is InChI=1S/C12H15ClN2O5S/c1-21(18,19)9-3-2-8(12(16)17)10(13)11(9)14-15-4-6-20-7-5-15/h2-3,14H,4-7H2,1H3,(H,16,17). The summed E-state index contributed by atoms with van der Waals surface area (Å²) in [5, 5.41) is 10.7. The molecule has 1 fully saturated rings. The van der Waals surface area contributed by atoms with Crippen LogP contribution < -0.4 is 5.43 Å². The number of hydrazine groups is 1. The summed E-state index contributed by atoms with van der Waals surface area (Å²) in [6, 6.07) is 2.43. The summed E-state index contributed by atoms with van der Waals surface area (Å²) in [5.41, 5.74) is 2.83. The number of morpholine rings is 1. The molecule has 0 amide bonds. The highest BCUT2D eigenvalue weighted by molar-refractivity contribution is 7.90. The van der Waals surface area contributed by atoms with Gasteiger partial charge in [0.05, 0.1) is 34.4 Å². The van der Waals surface area contributed by atoms with E-state index in [-0.39, 0.29) is 21.2 Å². The molecule has 1 aromatic carbocycles. The number of aromatic carboxylic acids is 1. The van der Waals surface area contributed by atoms with E-state index in [2.05, 4.69) is 5.43 Å². The SMILES string of the molecule is CS(=O)(=O)c1ccc(C(=O)O)c(Cl)c1NN1CCOCC1. The molecule has 0 aliphatic carbocycles. The molecule has 21 heavy (non-hydrogen) atoms. The van der Waals surface area contributed by atoms with Crippen LogP contribution in [-0.2, 0) is 14.6 Å². The van der Waals surface area contributed by atoms with Crippen LogP contribution in [0.5, 0.6) is 0 Å². The average molecular weight is 335 g/mol. The molecule has 1 aliphatic heterocycles. The largest absolute Gasteiger partial charge is 0.478 e. The number of anilines is 1. The zero-order valence-electron chi connectivity index (χ0n) is 11.3. The molecule has 1 aliphatic rings. The maximum Gasteiger partial charge on any atom is 0.337 e. The van der Waals surface area contributed by atoms with Gasteiger partial charge in [0.15, 0.2) is 9.84 Å². The molecule has 9 heteroatoms. The van der Waals surface area contributed by atoms with Gasteiger partial charge in [0.25, 0.3) is 0 Å². The number of halogens is 1. The van der Waals surface area contributed by atoms with Crippen LogP contribution in [0.2, 0.25) is 5.02 Å². The van der Waals surface area contributed by atoms with Gasteiger partial charge in [-0.25, -0.2) is 18.2 Å². The number of hydrogen-bond donors (Lipinski definition) is 2. The molecule has 0 atom stereocenters. The predicted molar refractivity (Wildman–Crippen MR) is 77.5 cm³/mol. The van der Waals surface area contributed by atoms with Crippen molar-refractivity contribution >= 4 is 33.1 Å². The van der Waals surface area contributed by atoms with Crippen molar-refractivity contribution in [1.29, 1.82) is 0 Å². The zero-order chi connectivity index (χ0) is 15.6. The van der Waals surface area contributed by atoms with Crippen molar-refractivity contribution in [3.8, 4) is 0 Å². The van der Waals surface area contributed by atoms with Gasteiger partial charge in [-0.3, -0.25) is 0 Å². The minimum Gasteiger partial charge on any atom is -0.478 e. The van der Waals surface area contributed by atoms with Gasteiger partial charge < -0.3 is 15.3 Å². The second-order valence-corrected chi connectivity index (χ2v) is 6.95. The van der Waals surface area contributed by atoms with Crippen molar-refractivity contribution in [2.45, 2.75) is 4.90 Å². The van der Waals surface area contributed by atoms with Crippen LogP contribution in [0.25, 0.3) is 0 Å². The molecule has 2 N–H and O–H groups in total. The number of carboxylic acids is 1. The first-order valence-electron chi connectivity index (χ1n) is 6.16. The lowest BCUT2D eigenvalue weighted by Crippen LogP contribution is -2.40. The Kier molecular flexibility index (Phi) is 4.72. The summed E-state index contributed by atoms with van der Waals surface area (Å²) in [7, 11) is -3.55. The normalized spacial score (nSPS) is 16.7. The van der Waals surface area contributed by atoms with Crippen molar-refractivity contribution in [2.24, 2.45) is 0 Å². The molecule has 0 saturated carbocycles. The summed E-state index contributed by atoms with van der Waals surface area (Å²) in [6.45, 7) is 2.07. The van der Waals surface area contributed by atoms with Crippen molar-refractivity contribution in [3.05, 3.63) is 22.7 Å². The fraction of sp³-hybridized carbons (Fsp3) is 0.417. The van der Waals surface area contributed by atoms with E-state index in [0.29, 0.717) is 26.3 Å². The van der Waals surface area contributed by atoms with E-state index in [1.54, 1.807) is 5.01 Å². The minimum absolute atomic E-state index is 0.0380. The van der Waals surface area contributed by atoms with Crippen LogP contribution in [0, 0.1) is 0 Å². The van der Waals surface area contributed by atoms with Crippen LogP contribution in [-0.4, -0.2) is 57.1 Å². The fourth-order valence-corrected chi connectivity index (χ4v) is 3.15. The van der Waals surface area contributed by atoms with Crippen molar-refractivity contribution in [3.63, 3.8) is 0 Å². The van der Waals surface area contributed by atoms with Gasteiger partial charge >= 0.3 is 5.97 Å². The number of ether oxygens (including phenoxy) is 1. The first-order valence-corrected chi connectivity index (χ1v) is 8.43. The lowest BCUT2D eigenvalue weighted by atomic mass is 10.2. The molecule has 0 bridgehead atoms. The number of carbonyl (C=O) groups is 1. The number of nitrogens with zero attached hydrogens (tertiary/aromatic N) is 1. The summed E-state index contributed by atoms with van der Waals surface area (Å²) in [6.07, 6.45) is 1.05. The molecule has 0 spiro atoms. The number of carboxylic acid groups (broad SMARTS) is 1. The lowest BCUT2D eigenvalue weighted by molar-refractivity contribution is 0.0495.